The molecule has 0 fully saturated rings. The second kappa shape index (κ2) is 6.77. The molecule has 104 valence electrons. The van der Waals surface area contributed by atoms with E-state index >= 15 is 0 Å². The zero-order valence-electron chi connectivity index (χ0n) is 11.0. The first-order valence-corrected chi connectivity index (χ1v) is 6.95. The smallest absolute Gasteiger partial charge is 0.170 e. The lowest BCUT2D eigenvalue weighted by molar-refractivity contribution is -0.128. The summed E-state index contributed by atoms with van der Waals surface area (Å²) in [5, 5.41) is 0. The monoisotopic (exact) mass is 336 g/mol. The van der Waals surface area contributed by atoms with E-state index in [2.05, 4.69) is 15.9 Å². The van der Waals surface area contributed by atoms with E-state index in [0.29, 0.717) is 10.0 Å². The lowest BCUT2D eigenvalue weighted by atomic mass is 10.00. The van der Waals surface area contributed by atoms with Gasteiger partial charge in [-0.1, -0.05) is 46.3 Å². The van der Waals surface area contributed by atoms with Gasteiger partial charge in [0.15, 0.2) is 5.78 Å². The molecule has 4 heteroatoms. The Hall–Kier alpha value is -1.52. The molecule has 2 rings (SSSR count). The van der Waals surface area contributed by atoms with Crippen LogP contribution < -0.4 is 0 Å². The van der Waals surface area contributed by atoms with E-state index in [0.717, 1.165) is 5.56 Å². The fourth-order valence-electron chi connectivity index (χ4n) is 2.09. The molecule has 0 aliphatic heterocycles. The van der Waals surface area contributed by atoms with Crippen LogP contribution in [0.25, 0.3) is 0 Å². The maximum atomic E-state index is 13.3. The Balaban J connectivity index is 2.18. The van der Waals surface area contributed by atoms with Gasteiger partial charge in [-0.3, -0.25) is 4.79 Å². The van der Waals surface area contributed by atoms with Gasteiger partial charge in [-0.15, -0.1) is 0 Å². The molecule has 0 amide bonds. The van der Waals surface area contributed by atoms with Crippen LogP contribution >= 0.6 is 15.9 Å². The molecule has 0 saturated carbocycles. The molecule has 0 saturated heterocycles. The van der Waals surface area contributed by atoms with Gasteiger partial charge in [-0.25, -0.2) is 4.39 Å². The van der Waals surface area contributed by atoms with Crippen LogP contribution in [0.4, 0.5) is 4.39 Å². The number of methoxy groups -OCH3 is 1. The van der Waals surface area contributed by atoms with Crippen molar-refractivity contribution in [2.24, 2.45) is 0 Å². The molecule has 0 N–H and O–H groups in total. The minimum Gasteiger partial charge on any atom is -0.369 e. The van der Waals surface area contributed by atoms with Gasteiger partial charge in [0.05, 0.1) is 0 Å². The highest BCUT2D eigenvalue weighted by molar-refractivity contribution is 9.10. The summed E-state index contributed by atoms with van der Waals surface area (Å²) in [6.45, 7) is 0. The van der Waals surface area contributed by atoms with Crippen molar-refractivity contribution < 1.29 is 13.9 Å². The average Bonchev–Trinajstić information content (AvgIpc) is 2.39. The largest absolute Gasteiger partial charge is 0.369 e. The zero-order valence-corrected chi connectivity index (χ0v) is 12.6. The van der Waals surface area contributed by atoms with E-state index < -0.39 is 6.10 Å². The van der Waals surface area contributed by atoms with Crippen LogP contribution in [0, 0.1) is 5.82 Å². The number of benzene rings is 2. The van der Waals surface area contributed by atoms with Gasteiger partial charge in [-0.2, -0.15) is 0 Å². The van der Waals surface area contributed by atoms with E-state index in [1.807, 2.05) is 30.3 Å². The molecule has 1 unspecified atom stereocenters. The van der Waals surface area contributed by atoms with Crippen molar-refractivity contribution in [2.45, 2.75) is 12.5 Å². The van der Waals surface area contributed by atoms with Gasteiger partial charge in [-0.05, 0) is 29.3 Å². The summed E-state index contributed by atoms with van der Waals surface area (Å²) in [7, 11) is 1.50. The average molecular weight is 337 g/mol. The summed E-state index contributed by atoms with van der Waals surface area (Å²) in [6, 6.07) is 13.7. The van der Waals surface area contributed by atoms with Crippen molar-refractivity contribution in [3.63, 3.8) is 0 Å². The van der Waals surface area contributed by atoms with Crippen LogP contribution in [-0.2, 0) is 16.0 Å². The number of hydrogen-bond acceptors (Lipinski definition) is 2. The van der Waals surface area contributed by atoms with Gasteiger partial charge >= 0.3 is 0 Å². The van der Waals surface area contributed by atoms with Gasteiger partial charge in [0.2, 0.25) is 0 Å². The van der Waals surface area contributed by atoms with E-state index in [1.54, 1.807) is 6.07 Å². The van der Waals surface area contributed by atoms with Crippen LogP contribution in [0.3, 0.4) is 0 Å². The van der Waals surface area contributed by atoms with E-state index in [-0.39, 0.29) is 18.0 Å². The minimum atomic E-state index is -0.627. The van der Waals surface area contributed by atoms with Gasteiger partial charge < -0.3 is 4.74 Å². The zero-order chi connectivity index (χ0) is 14.5. The van der Waals surface area contributed by atoms with Crippen LogP contribution in [-0.4, -0.2) is 12.9 Å². The molecule has 0 spiro atoms. The van der Waals surface area contributed by atoms with E-state index in [9.17, 15) is 9.18 Å². The topological polar surface area (TPSA) is 26.3 Å². The number of ether oxygens (including phenoxy) is 1. The first-order chi connectivity index (χ1) is 9.60. The van der Waals surface area contributed by atoms with Gasteiger partial charge in [0.25, 0.3) is 0 Å². The number of halogens is 2. The minimum absolute atomic E-state index is 0.101. The lowest BCUT2D eigenvalue weighted by Gasteiger charge is -2.14. The fraction of sp³-hybridized carbons (Fsp3) is 0.188. The fourth-order valence-corrected chi connectivity index (χ4v) is 2.60. The van der Waals surface area contributed by atoms with Crippen LogP contribution in [0.2, 0.25) is 0 Å². The highest BCUT2D eigenvalue weighted by atomic mass is 79.9. The summed E-state index contributed by atoms with van der Waals surface area (Å²) in [4.78, 5) is 12.3. The summed E-state index contributed by atoms with van der Waals surface area (Å²) in [5.74, 6) is -0.466. The molecule has 2 aromatic carbocycles. The molecular weight excluding hydrogens is 323 g/mol. The number of hydrogen-bond donors (Lipinski definition) is 0. The normalized spacial score (nSPS) is 12.2. The third kappa shape index (κ3) is 3.74. The van der Waals surface area contributed by atoms with Gasteiger partial charge in [0.1, 0.15) is 11.9 Å². The summed E-state index contributed by atoms with van der Waals surface area (Å²) >= 11 is 3.22. The van der Waals surface area contributed by atoms with E-state index in [1.165, 1.54) is 19.2 Å². The number of rotatable bonds is 5. The Morgan fingerprint density at radius 2 is 1.95 bits per heavy atom. The first-order valence-electron chi connectivity index (χ1n) is 6.15. The highest BCUT2D eigenvalue weighted by Crippen LogP contribution is 2.21. The SMILES string of the molecule is COC(C(=O)Cc1cc(F)cc(Br)c1)c1ccccc1. The van der Waals surface area contributed by atoms with Crippen molar-refractivity contribution >= 4 is 21.7 Å². The summed E-state index contributed by atoms with van der Waals surface area (Å²) in [6.07, 6.45) is -0.498. The maximum absolute atomic E-state index is 13.3. The predicted molar refractivity (Wildman–Crippen MR) is 79.0 cm³/mol. The van der Waals surface area contributed by atoms with Crippen LogP contribution in [0.15, 0.2) is 53.0 Å². The Morgan fingerprint density at radius 1 is 1.25 bits per heavy atom. The molecule has 0 bridgehead atoms. The molecule has 0 aromatic heterocycles. The molecule has 1 atom stereocenters. The molecule has 2 aromatic rings. The third-order valence-electron chi connectivity index (χ3n) is 2.93. The van der Waals surface area contributed by atoms with Crippen molar-refractivity contribution in [3.8, 4) is 0 Å². The highest BCUT2D eigenvalue weighted by Gasteiger charge is 2.20. The predicted octanol–water partition coefficient (Wildman–Crippen LogP) is 4.09. The molecule has 0 aliphatic rings. The van der Waals surface area contributed by atoms with Crippen LogP contribution in [0.5, 0.6) is 0 Å². The Labute approximate surface area is 125 Å². The standard InChI is InChI=1S/C16H14BrFO2/c1-20-16(12-5-3-2-4-6-12)15(19)9-11-7-13(17)10-14(18)8-11/h2-8,10,16H,9H2,1H3. The number of carbonyl (C=O) groups is 1. The molecule has 0 aliphatic carbocycles. The summed E-state index contributed by atoms with van der Waals surface area (Å²) < 4.78 is 19.2. The number of ketones is 1. The van der Waals surface area contributed by atoms with Crippen molar-refractivity contribution in [3.05, 3.63) is 69.9 Å². The Kier molecular flexibility index (Phi) is 5.04. The van der Waals surface area contributed by atoms with Gasteiger partial charge in [0, 0.05) is 18.0 Å². The second-order valence-electron chi connectivity index (χ2n) is 4.45. The third-order valence-corrected chi connectivity index (χ3v) is 3.39. The second-order valence-corrected chi connectivity index (χ2v) is 5.36. The van der Waals surface area contributed by atoms with Crippen molar-refractivity contribution in [1.82, 2.24) is 0 Å². The van der Waals surface area contributed by atoms with Crippen molar-refractivity contribution in [1.29, 1.82) is 0 Å². The lowest BCUT2D eigenvalue weighted by Crippen LogP contribution is -2.17. The number of Topliss-reactive ketones (excluding diaryl/α,β-unsaturated/α-hetero) is 1. The Morgan fingerprint density at radius 3 is 2.55 bits per heavy atom. The molecular formula is C16H14BrFO2. The van der Waals surface area contributed by atoms with Crippen LogP contribution in [0.1, 0.15) is 17.2 Å². The van der Waals surface area contributed by atoms with Crippen molar-refractivity contribution in [2.75, 3.05) is 7.11 Å². The van der Waals surface area contributed by atoms with E-state index in [4.69, 9.17) is 4.74 Å². The quantitative estimate of drug-likeness (QED) is 0.822. The maximum Gasteiger partial charge on any atom is 0.170 e. The first kappa shape index (κ1) is 14.9. The molecule has 20 heavy (non-hydrogen) atoms. The molecule has 0 heterocycles. The molecule has 2 nitrogen and oxygen atoms in total. The Bertz CT molecular complexity index is 578. The number of carbonyl (C=O) groups excluding carboxylic acids is 1. The summed E-state index contributed by atoms with van der Waals surface area (Å²) in [5.41, 5.74) is 1.43. The molecule has 0 radical (unpaired) electrons.